The maximum atomic E-state index is 10.6. The van der Waals surface area contributed by atoms with Crippen molar-refractivity contribution in [2.45, 2.75) is 12.8 Å². The standard InChI is InChI=1S/C9H11O6P/c10-9(11)6-5-7-3-1-2-4-8(7)15-16(12,13)14/h1-4H,5-6H2,(H,10,11)(H2,12,13,14). The minimum Gasteiger partial charge on any atom is -0.481 e. The zero-order valence-corrected chi connectivity index (χ0v) is 9.13. The van der Waals surface area contributed by atoms with Gasteiger partial charge in [-0.1, -0.05) is 18.2 Å². The van der Waals surface area contributed by atoms with Crippen molar-refractivity contribution < 1.29 is 28.8 Å². The van der Waals surface area contributed by atoms with Gasteiger partial charge in [-0.2, -0.15) is 0 Å². The summed E-state index contributed by atoms with van der Waals surface area (Å²) >= 11 is 0. The van der Waals surface area contributed by atoms with Gasteiger partial charge in [-0.15, -0.1) is 0 Å². The van der Waals surface area contributed by atoms with E-state index in [1.165, 1.54) is 6.07 Å². The molecule has 0 saturated heterocycles. The number of benzene rings is 1. The Balaban J connectivity index is 2.83. The Morgan fingerprint density at radius 1 is 1.31 bits per heavy atom. The van der Waals surface area contributed by atoms with Gasteiger partial charge in [0.1, 0.15) is 5.75 Å². The molecular weight excluding hydrogens is 235 g/mol. The van der Waals surface area contributed by atoms with Gasteiger partial charge in [-0.25, -0.2) is 4.57 Å². The van der Waals surface area contributed by atoms with E-state index in [0.29, 0.717) is 5.56 Å². The lowest BCUT2D eigenvalue weighted by Gasteiger charge is -2.10. The van der Waals surface area contributed by atoms with Crippen LogP contribution < -0.4 is 4.52 Å². The third-order valence-electron chi connectivity index (χ3n) is 1.80. The zero-order chi connectivity index (χ0) is 12.2. The Labute approximate surface area is 91.7 Å². The molecule has 1 rings (SSSR count). The molecule has 0 atom stereocenters. The lowest BCUT2D eigenvalue weighted by atomic mass is 10.1. The Morgan fingerprint density at radius 3 is 2.50 bits per heavy atom. The van der Waals surface area contributed by atoms with Crippen LogP contribution in [0.5, 0.6) is 5.75 Å². The van der Waals surface area contributed by atoms with Gasteiger partial charge in [0.05, 0.1) is 0 Å². The van der Waals surface area contributed by atoms with Crippen molar-refractivity contribution >= 4 is 13.8 Å². The van der Waals surface area contributed by atoms with Gasteiger partial charge in [0.15, 0.2) is 0 Å². The maximum absolute atomic E-state index is 10.6. The fraction of sp³-hybridized carbons (Fsp3) is 0.222. The van der Waals surface area contributed by atoms with E-state index in [2.05, 4.69) is 4.52 Å². The molecule has 0 amide bonds. The summed E-state index contributed by atoms with van der Waals surface area (Å²) in [6.45, 7) is 0. The largest absolute Gasteiger partial charge is 0.524 e. The van der Waals surface area contributed by atoms with E-state index < -0.39 is 13.8 Å². The Hall–Kier alpha value is -1.36. The molecule has 0 fully saturated rings. The molecule has 0 aliphatic heterocycles. The minimum absolute atomic E-state index is 0.0112. The number of carbonyl (C=O) groups is 1. The number of carboxylic acid groups (broad SMARTS) is 1. The highest BCUT2D eigenvalue weighted by Crippen LogP contribution is 2.39. The van der Waals surface area contributed by atoms with Crippen molar-refractivity contribution in [3.8, 4) is 5.75 Å². The lowest BCUT2D eigenvalue weighted by molar-refractivity contribution is -0.136. The average molecular weight is 246 g/mol. The predicted molar refractivity (Wildman–Crippen MR) is 55.1 cm³/mol. The van der Waals surface area contributed by atoms with Crippen LogP contribution in [0, 0.1) is 0 Å². The van der Waals surface area contributed by atoms with E-state index >= 15 is 0 Å². The number of para-hydroxylation sites is 1. The second-order valence-electron chi connectivity index (χ2n) is 3.08. The third kappa shape index (κ3) is 4.44. The molecule has 0 unspecified atom stereocenters. The van der Waals surface area contributed by atoms with Crippen molar-refractivity contribution in [1.82, 2.24) is 0 Å². The highest BCUT2D eigenvalue weighted by atomic mass is 31.2. The highest BCUT2D eigenvalue weighted by Gasteiger charge is 2.18. The van der Waals surface area contributed by atoms with E-state index in [9.17, 15) is 9.36 Å². The SMILES string of the molecule is O=C(O)CCc1ccccc1OP(=O)(O)O. The van der Waals surface area contributed by atoms with Crippen LogP contribution in [0.25, 0.3) is 0 Å². The Bertz CT molecular complexity index is 424. The lowest BCUT2D eigenvalue weighted by Crippen LogP contribution is -2.00. The first-order valence-electron chi connectivity index (χ1n) is 4.43. The van der Waals surface area contributed by atoms with Crippen LogP contribution in [0.1, 0.15) is 12.0 Å². The normalized spacial score (nSPS) is 11.1. The summed E-state index contributed by atoms with van der Waals surface area (Å²) in [5.74, 6) is -0.969. The monoisotopic (exact) mass is 246 g/mol. The second-order valence-corrected chi connectivity index (χ2v) is 4.25. The van der Waals surface area contributed by atoms with Crippen molar-refractivity contribution in [3.05, 3.63) is 29.8 Å². The van der Waals surface area contributed by atoms with Crippen LogP contribution in [0.4, 0.5) is 0 Å². The Kier molecular flexibility index (Phi) is 4.06. The van der Waals surface area contributed by atoms with E-state index in [0.717, 1.165) is 0 Å². The van der Waals surface area contributed by atoms with Crippen molar-refractivity contribution in [1.29, 1.82) is 0 Å². The number of phosphoric acid groups is 1. The molecule has 0 bridgehead atoms. The quantitative estimate of drug-likeness (QED) is 0.674. The number of phosphoric ester groups is 1. The smallest absolute Gasteiger partial charge is 0.481 e. The molecule has 7 heteroatoms. The molecule has 0 aliphatic rings. The number of carboxylic acids is 1. The summed E-state index contributed by atoms with van der Waals surface area (Å²) in [5.41, 5.74) is 0.452. The Morgan fingerprint density at radius 2 is 1.94 bits per heavy atom. The maximum Gasteiger partial charge on any atom is 0.524 e. The predicted octanol–water partition coefficient (Wildman–Crippen LogP) is 1.18. The fourth-order valence-electron chi connectivity index (χ4n) is 1.17. The molecule has 0 heterocycles. The second kappa shape index (κ2) is 5.12. The zero-order valence-electron chi connectivity index (χ0n) is 8.24. The summed E-state index contributed by atoms with van der Waals surface area (Å²) in [6.07, 6.45) is 0.0348. The molecule has 0 spiro atoms. The topological polar surface area (TPSA) is 104 Å². The number of aliphatic carboxylic acids is 1. The number of hydrogen-bond acceptors (Lipinski definition) is 3. The van der Waals surface area contributed by atoms with E-state index in [4.69, 9.17) is 14.9 Å². The third-order valence-corrected chi connectivity index (χ3v) is 2.23. The van der Waals surface area contributed by atoms with Crippen LogP contribution in [-0.4, -0.2) is 20.9 Å². The summed E-state index contributed by atoms with van der Waals surface area (Å²) in [4.78, 5) is 27.7. The molecule has 0 saturated carbocycles. The summed E-state index contributed by atoms with van der Waals surface area (Å²) in [5, 5.41) is 8.50. The summed E-state index contributed by atoms with van der Waals surface area (Å²) < 4.78 is 15.1. The van der Waals surface area contributed by atoms with Crippen LogP contribution in [0.15, 0.2) is 24.3 Å². The molecule has 3 N–H and O–H groups in total. The molecule has 16 heavy (non-hydrogen) atoms. The van der Waals surface area contributed by atoms with Crippen LogP contribution in [0.2, 0.25) is 0 Å². The molecule has 0 aliphatic carbocycles. The first kappa shape index (κ1) is 12.7. The van der Waals surface area contributed by atoms with E-state index in [1.54, 1.807) is 18.2 Å². The minimum atomic E-state index is -4.61. The fourth-order valence-corrected chi connectivity index (χ4v) is 1.60. The summed E-state index contributed by atoms with van der Waals surface area (Å²) in [6, 6.07) is 6.14. The van der Waals surface area contributed by atoms with Gasteiger partial charge >= 0.3 is 13.8 Å². The number of aryl methyl sites for hydroxylation is 1. The first-order valence-corrected chi connectivity index (χ1v) is 5.96. The molecule has 1 aromatic rings. The van der Waals surface area contributed by atoms with E-state index in [-0.39, 0.29) is 18.6 Å². The van der Waals surface area contributed by atoms with Crippen LogP contribution in [0.3, 0.4) is 0 Å². The van der Waals surface area contributed by atoms with Crippen molar-refractivity contribution in [3.63, 3.8) is 0 Å². The van der Waals surface area contributed by atoms with Gasteiger partial charge in [-0.05, 0) is 18.1 Å². The van der Waals surface area contributed by atoms with Gasteiger partial charge in [0.25, 0.3) is 0 Å². The molecular formula is C9H11O6P. The first-order chi connectivity index (χ1) is 7.38. The summed E-state index contributed by atoms with van der Waals surface area (Å²) in [7, 11) is -4.61. The molecule has 0 aromatic heterocycles. The molecule has 0 radical (unpaired) electrons. The molecule has 1 aromatic carbocycles. The van der Waals surface area contributed by atoms with Gasteiger partial charge < -0.3 is 9.63 Å². The number of hydrogen-bond donors (Lipinski definition) is 3. The van der Waals surface area contributed by atoms with Crippen molar-refractivity contribution in [2.24, 2.45) is 0 Å². The van der Waals surface area contributed by atoms with Gasteiger partial charge in [-0.3, -0.25) is 14.6 Å². The molecule has 88 valence electrons. The van der Waals surface area contributed by atoms with Crippen LogP contribution >= 0.6 is 7.82 Å². The van der Waals surface area contributed by atoms with E-state index in [1.807, 2.05) is 0 Å². The van der Waals surface area contributed by atoms with Crippen molar-refractivity contribution in [2.75, 3.05) is 0 Å². The molecule has 6 nitrogen and oxygen atoms in total. The van der Waals surface area contributed by atoms with Gasteiger partial charge in [0.2, 0.25) is 0 Å². The van der Waals surface area contributed by atoms with Gasteiger partial charge in [0, 0.05) is 6.42 Å². The average Bonchev–Trinajstić information content (AvgIpc) is 2.14. The van der Waals surface area contributed by atoms with Crippen LogP contribution in [-0.2, 0) is 15.8 Å². The highest BCUT2D eigenvalue weighted by molar-refractivity contribution is 7.46. The number of rotatable bonds is 5.